The predicted octanol–water partition coefficient (Wildman–Crippen LogP) is 3.68. The number of anilines is 2. The fraction of sp³-hybridized carbons (Fsp3) is 0.519. The van der Waals surface area contributed by atoms with E-state index in [-0.39, 0.29) is 30.1 Å². The number of carbonyl (C=O) groups is 2. The fourth-order valence-corrected chi connectivity index (χ4v) is 7.12. The third-order valence-corrected chi connectivity index (χ3v) is 9.50. The molecule has 0 radical (unpaired) electrons. The highest BCUT2D eigenvalue weighted by Crippen LogP contribution is 2.43. The van der Waals surface area contributed by atoms with Crippen molar-refractivity contribution < 1.29 is 18.4 Å². The highest BCUT2D eigenvalue weighted by atomic mass is 32.1. The molecule has 2 N–H and O–H groups in total. The number of amides is 2. The molecule has 1 saturated heterocycles. The molecule has 1 spiro atoms. The van der Waals surface area contributed by atoms with Gasteiger partial charge in [-0.3, -0.25) is 19.0 Å². The third kappa shape index (κ3) is 4.44. The van der Waals surface area contributed by atoms with Crippen LogP contribution in [-0.4, -0.2) is 75.3 Å². The van der Waals surface area contributed by atoms with Crippen LogP contribution in [0.15, 0.2) is 23.3 Å². The second-order valence-corrected chi connectivity index (χ2v) is 12.3. The Morgan fingerprint density at radius 1 is 1.12 bits per heavy atom. The lowest BCUT2D eigenvalue weighted by Crippen LogP contribution is -2.51. The van der Waals surface area contributed by atoms with E-state index in [1.165, 1.54) is 22.2 Å². The molecule has 6 rings (SSSR count). The van der Waals surface area contributed by atoms with Crippen molar-refractivity contribution in [2.45, 2.75) is 63.1 Å². The zero-order valence-corrected chi connectivity index (χ0v) is 23.4. The summed E-state index contributed by atoms with van der Waals surface area (Å²) < 4.78 is 29.3. The van der Waals surface area contributed by atoms with Gasteiger partial charge >= 0.3 is 0 Å². The van der Waals surface area contributed by atoms with Gasteiger partial charge in [0.15, 0.2) is 0 Å². The molecule has 0 bridgehead atoms. The van der Waals surface area contributed by atoms with E-state index in [9.17, 15) is 23.2 Å². The summed E-state index contributed by atoms with van der Waals surface area (Å²) in [6.07, 6.45) is 2.28. The molecule has 13 heteroatoms. The van der Waals surface area contributed by atoms with Crippen molar-refractivity contribution in [1.82, 2.24) is 29.7 Å². The molecular weight excluding hydrogens is 540 g/mol. The third-order valence-electron chi connectivity index (χ3n) is 8.46. The van der Waals surface area contributed by atoms with Gasteiger partial charge in [-0.05, 0) is 64.4 Å². The Bertz CT molecular complexity index is 1570. The van der Waals surface area contributed by atoms with Crippen molar-refractivity contribution in [3.05, 3.63) is 44.9 Å². The summed E-state index contributed by atoms with van der Waals surface area (Å²) in [5.41, 5.74) is -0.779. The van der Waals surface area contributed by atoms with Gasteiger partial charge < -0.3 is 20.4 Å². The van der Waals surface area contributed by atoms with E-state index >= 15 is 0 Å². The Morgan fingerprint density at radius 3 is 2.50 bits per heavy atom. The lowest BCUT2D eigenvalue weighted by atomic mass is 9.86. The van der Waals surface area contributed by atoms with E-state index in [0.717, 1.165) is 12.8 Å². The predicted molar refractivity (Wildman–Crippen MR) is 148 cm³/mol. The molecule has 40 heavy (non-hydrogen) atoms. The van der Waals surface area contributed by atoms with Gasteiger partial charge in [-0.1, -0.05) is 0 Å². The van der Waals surface area contributed by atoms with Crippen molar-refractivity contribution in [3.8, 4) is 0 Å². The number of rotatable bonds is 4. The highest BCUT2D eigenvalue weighted by molar-refractivity contribution is 7.20. The maximum absolute atomic E-state index is 14.0. The number of likely N-dealkylation sites (tertiary alicyclic amines) is 1. The van der Waals surface area contributed by atoms with Crippen LogP contribution in [0.25, 0.3) is 10.2 Å². The van der Waals surface area contributed by atoms with Crippen LogP contribution in [0.1, 0.15) is 64.2 Å². The molecule has 0 aromatic carbocycles. The number of hydrogen-bond acceptors (Lipinski definition) is 8. The quantitative estimate of drug-likeness (QED) is 0.491. The van der Waals surface area contributed by atoms with Crippen molar-refractivity contribution >= 4 is 44.9 Å². The second kappa shape index (κ2) is 9.58. The highest BCUT2D eigenvalue weighted by Gasteiger charge is 2.51. The Morgan fingerprint density at radius 2 is 1.82 bits per heavy atom. The number of alkyl halides is 2. The van der Waals surface area contributed by atoms with Crippen molar-refractivity contribution in [1.29, 1.82) is 0 Å². The molecule has 212 valence electrons. The Labute approximate surface area is 233 Å². The number of hydrogen-bond donors (Lipinski definition) is 2. The first-order valence-corrected chi connectivity index (χ1v) is 14.2. The summed E-state index contributed by atoms with van der Waals surface area (Å²) in [5, 5.41) is 6.52. The molecule has 0 unspecified atom stereocenters. The summed E-state index contributed by atoms with van der Waals surface area (Å²) in [5.74, 6) is -2.97. The van der Waals surface area contributed by atoms with Crippen LogP contribution >= 0.6 is 11.3 Å². The number of aryl methyl sites for hydroxylation is 1. The van der Waals surface area contributed by atoms with E-state index in [4.69, 9.17) is 0 Å². The number of thiophene rings is 1. The monoisotopic (exact) mass is 571 g/mol. The number of aromatic nitrogens is 3. The van der Waals surface area contributed by atoms with Gasteiger partial charge in [0.1, 0.15) is 34.0 Å². The standard InChI is InChI=1S/C27H31F2N7O3S/c1-15-12-18(24(38)36-20(15)22(37)33-27(36)8-6-26(28,29)7-9-27)32-21-17-13-19(40-23(17)31-14-30-21)25(39)35-10-4-16(5-11-35)34(2)3/h12-14,16H,4-11H2,1-3H3,(H,33,37)(H,30,31,32). The average molecular weight is 572 g/mol. The smallest absolute Gasteiger partial charge is 0.276 e. The van der Waals surface area contributed by atoms with Crippen LogP contribution in [0.5, 0.6) is 0 Å². The van der Waals surface area contributed by atoms with Gasteiger partial charge in [-0.2, -0.15) is 0 Å². The molecule has 10 nitrogen and oxygen atoms in total. The normalized spacial score (nSPS) is 20.2. The first-order chi connectivity index (χ1) is 19.0. The Balaban J connectivity index is 1.31. The zero-order chi connectivity index (χ0) is 28.4. The summed E-state index contributed by atoms with van der Waals surface area (Å²) in [4.78, 5) is 53.7. The van der Waals surface area contributed by atoms with E-state index < -0.39 is 35.9 Å². The molecule has 2 aliphatic heterocycles. The minimum absolute atomic E-state index is 0.0406. The van der Waals surface area contributed by atoms with Crippen LogP contribution < -0.4 is 16.2 Å². The summed E-state index contributed by atoms with van der Waals surface area (Å²) in [7, 11) is 4.11. The lowest BCUT2D eigenvalue weighted by Gasteiger charge is -2.38. The molecule has 3 aromatic heterocycles. The number of fused-ring (bicyclic) bond motifs is 3. The molecule has 5 heterocycles. The molecule has 3 aromatic rings. The van der Waals surface area contributed by atoms with Crippen LogP contribution in [-0.2, 0) is 5.66 Å². The molecular formula is C27H31F2N7O3S. The maximum Gasteiger partial charge on any atom is 0.276 e. The zero-order valence-electron chi connectivity index (χ0n) is 22.6. The molecule has 2 fully saturated rings. The van der Waals surface area contributed by atoms with Crippen LogP contribution in [0.4, 0.5) is 20.3 Å². The van der Waals surface area contributed by atoms with Crippen LogP contribution in [0, 0.1) is 6.92 Å². The van der Waals surface area contributed by atoms with Crippen LogP contribution in [0.2, 0.25) is 0 Å². The first-order valence-electron chi connectivity index (χ1n) is 13.4. The number of nitrogens with one attached hydrogen (secondary N) is 2. The number of halogens is 2. The Kier molecular flexibility index (Phi) is 6.41. The minimum Gasteiger partial charge on any atom is -0.338 e. The summed E-state index contributed by atoms with van der Waals surface area (Å²) in [6, 6.07) is 3.78. The largest absolute Gasteiger partial charge is 0.338 e. The van der Waals surface area contributed by atoms with Crippen molar-refractivity contribution in [2.75, 3.05) is 32.5 Å². The molecule has 1 aliphatic carbocycles. The van der Waals surface area contributed by atoms with Gasteiger partial charge in [-0.25, -0.2) is 18.7 Å². The average Bonchev–Trinajstić information content (AvgIpc) is 3.49. The number of piperidine rings is 1. The fourth-order valence-electron chi connectivity index (χ4n) is 6.16. The summed E-state index contributed by atoms with van der Waals surface area (Å²) in [6.45, 7) is 3.07. The van der Waals surface area contributed by atoms with Gasteiger partial charge in [-0.15, -0.1) is 11.3 Å². The van der Waals surface area contributed by atoms with Gasteiger partial charge in [0.25, 0.3) is 17.4 Å². The minimum atomic E-state index is -2.82. The van der Waals surface area contributed by atoms with E-state index in [1.807, 2.05) is 4.90 Å². The van der Waals surface area contributed by atoms with Crippen molar-refractivity contribution in [3.63, 3.8) is 0 Å². The lowest BCUT2D eigenvalue weighted by molar-refractivity contribution is -0.0667. The van der Waals surface area contributed by atoms with Gasteiger partial charge in [0, 0.05) is 32.0 Å². The summed E-state index contributed by atoms with van der Waals surface area (Å²) >= 11 is 1.27. The van der Waals surface area contributed by atoms with E-state index in [1.54, 1.807) is 19.1 Å². The topological polar surface area (TPSA) is 112 Å². The number of nitrogens with zero attached hydrogens (tertiary/aromatic N) is 5. The van der Waals surface area contributed by atoms with E-state index in [0.29, 0.717) is 45.6 Å². The number of pyridine rings is 1. The molecule has 1 saturated carbocycles. The Hall–Kier alpha value is -3.45. The molecule has 0 atom stereocenters. The second-order valence-electron chi connectivity index (χ2n) is 11.2. The molecule has 3 aliphatic rings. The van der Waals surface area contributed by atoms with Gasteiger partial charge in [0.2, 0.25) is 5.92 Å². The molecule has 2 amide bonds. The van der Waals surface area contributed by atoms with Crippen molar-refractivity contribution in [2.24, 2.45) is 0 Å². The van der Waals surface area contributed by atoms with Crippen LogP contribution in [0.3, 0.4) is 0 Å². The van der Waals surface area contributed by atoms with E-state index in [2.05, 4.69) is 39.6 Å². The maximum atomic E-state index is 14.0. The SMILES string of the molecule is Cc1cc(Nc2ncnc3sc(C(=O)N4CCC(N(C)C)CC4)cc23)c(=O)n2c1C(=O)NC21CCC(F)(F)CC1. The first kappa shape index (κ1) is 26.8. The number of carbonyl (C=O) groups excluding carboxylic acids is 2. The van der Waals surface area contributed by atoms with Gasteiger partial charge in [0.05, 0.1) is 10.3 Å².